The van der Waals surface area contributed by atoms with Crippen LogP contribution in [0.2, 0.25) is 10.0 Å². The zero-order valence-corrected chi connectivity index (χ0v) is 18.6. The van der Waals surface area contributed by atoms with Crippen molar-refractivity contribution in [1.29, 1.82) is 0 Å². The third-order valence-electron chi connectivity index (χ3n) is 4.82. The predicted molar refractivity (Wildman–Crippen MR) is 117 cm³/mol. The van der Waals surface area contributed by atoms with Crippen LogP contribution in [0, 0.1) is 0 Å². The molecule has 0 fully saturated rings. The summed E-state index contributed by atoms with van der Waals surface area (Å²) in [6.45, 7) is -0.932. The smallest absolute Gasteiger partial charge is 0.324 e. The highest BCUT2D eigenvalue weighted by Gasteiger charge is 2.34. The first kappa shape index (κ1) is 23.1. The molecule has 0 bridgehead atoms. The first-order chi connectivity index (χ1) is 14.6. The van der Waals surface area contributed by atoms with E-state index in [1.165, 1.54) is 48.3 Å². The Kier molecular flexibility index (Phi) is 6.65. The summed E-state index contributed by atoms with van der Waals surface area (Å²) >= 11 is 11.9. The lowest BCUT2D eigenvalue weighted by molar-refractivity contribution is -0.135. The fraction of sp³-hybridized carbons (Fsp3) is 0.263. The second-order valence-electron chi connectivity index (χ2n) is 6.80. The van der Waals surface area contributed by atoms with Gasteiger partial charge < -0.3 is 15.5 Å². The van der Waals surface area contributed by atoms with Gasteiger partial charge in [-0.05, 0) is 42.0 Å². The maximum Gasteiger partial charge on any atom is 0.324 e. The van der Waals surface area contributed by atoms with Crippen LogP contribution in [0.4, 0.5) is 16.2 Å². The predicted octanol–water partition coefficient (Wildman–Crippen LogP) is 2.51. The lowest BCUT2D eigenvalue weighted by Gasteiger charge is -2.24. The molecular weight excluding hydrogens is 469 g/mol. The first-order valence-electron chi connectivity index (χ1n) is 9.03. The monoisotopic (exact) mass is 487 g/mol. The number of carbonyl (C=O) groups excluding carboxylic acids is 1. The summed E-state index contributed by atoms with van der Waals surface area (Å²) in [5, 5.41) is 21.8. The van der Waals surface area contributed by atoms with Gasteiger partial charge in [0.1, 0.15) is 6.54 Å². The Bertz CT molecular complexity index is 1120. The number of hydrogen-bond acceptors (Lipinski definition) is 5. The number of carboxylic acids is 1. The molecule has 2 amide bonds. The average Bonchev–Trinajstić information content (AvgIpc) is 3.08. The number of carboxylic acid groups (broad SMARTS) is 1. The SMILES string of the molecule is CNC(=O)N1CC(CO)c2cc(N(CC(=O)O)S(=O)(=O)c3cc(Cl)cc(Cl)c3)ccc21. The highest BCUT2D eigenvalue weighted by molar-refractivity contribution is 7.92. The van der Waals surface area contributed by atoms with E-state index in [4.69, 9.17) is 23.2 Å². The van der Waals surface area contributed by atoms with Crippen molar-refractivity contribution in [2.45, 2.75) is 10.8 Å². The number of aliphatic hydroxyl groups is 1. The molecule has 1 aliphatic rings. The summed E-state index contributed by atoms with van der Waals surface area (Å²) in [4.78, 5) is 24.8. The van der Waals surface area contributed by atoms with Crippen LogP contribution in [0.5, 0.6) is 0 Å². The minimum atomic E-state index is -4.34. The molecule has 0 spiro atoms. The van der Waals surface area contributed by atoms with E-state index in [0.717, 1.165) is 0 Å². The number of hydrogen-bond donors (Lipinski definition) is 3. The standard InChI is InChI=1S/C19H19Cl2N3O6S/c1-22-19(28)23-8-11(10-25)16-7-14(2-3-17(16)23)24(9-18(26)27)31(29,30)15-5-12(20)4-13(21)6-15/h2-7,11,25H,8-10H2,1H3,(H,22,28)(H,26,27). The number of urea groups is 1. The number of carbonyl (C=O) groups is 2. The van der Waals surface area contributed by atoms with Gasteiger partial charge >= 0.3 is 12.0 Å². The van der Waals surface area contributed by atoms with E-state index in [1.807, 2.05) is 0 Å². The van der Waals surface area contributed by atoms with E-state index in [0.29, 0.717) is 15.6 Å². The number of aliphatic hydroxyl groups excluding tert-OH is 1. The lowest BCUT2D eigenvalue weighted by Crippen LogP contribution is -2.37. The largest absolute Gasteiger partial charge is 0.480 e. The average molecular weight is 488 g/mol. The summed E-state index contributed by atoms with van der Waals surface area (Å²) in [5.41, 5.74) is 1.09. The molecule has 1 unspecified atom stereocenters. The molecule has 3 rings (SSSR count). The number of nitrogens with zero attached hydrogens (tertiary/aromatic N) is 2. The van der Waals surface area contributed by atoms with Crippen LogP contribution in [0.15, 0.2) is 41.3 Å². The third kappa shape index (κ3) is 4.57. The van der Waals surface area contributed by atoms with Crippen molar-refractivity contribution in [2.75, 3.05) is 35.9 Å². The quantitative estimate of drug-likeness (QED) is 0.574. The van der Waals surface area contributed by atoms with Crippen LogP contribution in [-0.2, 0) is 14.8 Å². The molecule has 0 aliphatic carbocycles. The molecular formula is C19H19Cl2N3O6S. The summed E-state index contributed by atoms with van der Waals surface area (Å²) in [7, 11) is -2.87. The molecule has 166 valence electrons. The minimum absolute atomic E-state index is 0.0643. The van der Waals surface area contributed by atoms with E-state index in [2.05, 4.69) is 5.32 Å². The number of halogens is 2. The van der Waals surface area contributed by atoms with Crippen LogP contribution >= 0.6 is 23.2 Å². The molecule has 2 aromatic carbocycles. The summed E-state index contributed by atoms with van der Waals surface area (Å²) in [6, 6.07) is 7.72. The van der Waals surface area contributed by atoms with Crippen molar-refractivity contribution < 1.29 is 28.2 Å². The number of benzene rings is 2. The second kappa shape index (κ2) is 8.91. The van der Waals surface area contributed by atoms with Crippen molar-refractivity contribution in [3.05, 3.63) is 52.0 Å². The van der Waals surface area contributed by atoms with E-state index in [9.17, 15) is 28.2 Å². The Morgan fingerprint density at radius 3 is 2.39 bits per heavy atom. The molecule has 2 aromatic rings. The van der Waals surface area contributed by atoms with Crippen molar-refractivity contribution in [3.8, 4) is 0 Å². The molecule has 0 aromatic heterocycles. The molecule has 1 atom stereocenters. The van der Waals surface area contributed by atoms with Gasteiger partial charge in [0.25, 0.3) is 10.0 Å². The molecule has 1 heterocycles. The van der Waals surface area contributed by atoms with Gasteiger partial charge in [0.05, 0.1) is 17.2 Å². The number of rotatable bonds is 6. The number of sulfonamides is 1. The molecule has 9 nitrogen and oxygen atoms in total. The first-order valence-corrected chi connectivity index (χ1v) is 11.2. The Hall–Kier alpha value is -2.53. The van der Waals surface area contributed by atoms with Crippen molar-refractivity contribution in [1.82, 2.24) is 5.32 Å². The van der Waals surface area contributed by atoms with Gasteiger partial charge in [-0.3, -0.25) is 14.0 Å². The van der Waals surface area contributed by atoms with E-state index >= 15 is 0 Å². The van der Waals surface area contributed by atoms with Crippen molar-refractivity contribution >= 4 is 56.6 Å². The van der Waals surface area contributed by atoms with Crippen LogP contribution < -0.4 is 14.5 Å². The Morgan fingerprint density at radius 1 is 1.19 bits per heavy atom. The van der Waals surface area contributed by atoms with Crippen molar-refractivity contribution in [2.24, 2.45) is 0 Å². The molecule has 12 heteroatoms. The molecule has 0 radical (unpaired) electrons. The van der Waals surface area contributed by atoms with E-state index in [-0.39, 0.29) is 39.8 Å². The van der Waals surface area contributed by atoms with Gasteiger partial charge in [0.2, 0.25) is 0 Å². The summed E-state index contributed by atoms with van der Waals surface area (Å²) in [6.07, 6.45) is 0. The zero-order chi connectivity index (χ0) is 22.9. The fourth-order valence-corrected chi connectivity index (χ4v) is 5.55. The van der Waals surface area contributed by atoms with E-state index in [1.54, 1.807) is 0 Å². The number of amides is 2. The fourth-order valence-electron chi connectivity index (χ4n) is 3.41. The van der Waals surface area contributed by atoms with Crippen LogP contribution in [0.3, 0.4) is 0 Å². The van der Waals surface area contributed by atoms with Crippen molar-refractivity contribution in [3.63, 3.8) is 0 Å². The minimum Gasteiger partial charge on any atom is -0.480 e. The Balaban J connectivity index is 2.12. The lowest BCUT2D eigenvalue weighted by atomic mass is 10.0. The zero-order valence-electron chi connectivity index (χ0n) is 16.2. The number of fused-ring (bicyclic) bond motifs is 1. The summed E-state index contributed by atoms with van der Waals surface area (Å²) < 4.78 is 27.2. The molecule has 0 saturated heterocycles. The van der Waals surface area contributed by atoms with Gasteiger partial charge in [-0.15, -0.1) is 0 Å². The summed E-state index contributed by atoms with van der Waals surface area (Å²) in [5.74, 6) is -1.83. The number of anilines is 2. The maximum atomic E-state index is 13.3. The molecule has 1 aliphatic heterocycles. The van der Waals surface area contributed by atoms with Gasteiger partial charge in [0.15, 0.2) is 0 Å². The second-order valence-corrected chi connectivity index (χ2v) is 9.53. The third-order valence-corrected chi connectivity index (χ3v) is 7.00. The van der Waals surface area contributed by atoms with Crippen LogP contribution in [0.1, 0.15) is 11.5 Å². The molecule has 3 N–H and O–H groups in total. The van der Waals surface area contributed by atoms with Gasteiger partial charge in [-0.1, -0.05) is 23.2 Å². The molecule has 0 saturated carbocycles. The Labute approximate surface area is 188 Å². The van der Waals surface area contributed by atoms with Crippen LogP contribution in [0.25, 0.3) is 0 Å². The maximum absolute atomic E-state index is 13.3. The number of aliphatic carboxylic acids is 1. The highest BCUT2D eigenvalue weighted by atomic mass is 35.5. The topological polar surface area (TPSA) is 127 Å². The van der Waals surface area contributed by atoms with Gasteiger partial charge in [0, 0.05) is 35.2 Å². The number of nitrogens with one attached hydrogen (secondary N) is 1. The van der Waals surface area contributed by atoms with Crippen LogP contribution in [-0.4, -0.2) is 57.4 Å². The normalized spacial score (nSPS) is 15.5. The highest BCUT2D eigenvalue weighted by Crippen LogP contribution is 2.39. The Morgan fingerprint density at radius 2 is 1.84 bits per heavy atom. The molecule has 31 heavy (non-hydrogen) atoms. The van der Waals surface area contributed by atoms with Gasteiger partial charge in [-0.2, -0.15) is 0 Å². The van der Waals surface area contributed by atoms with E-state index < -0.39 is 28.5 Å². The van der Waals surface area contributed by atoms with Gasteiger partial charge in [-0.25, -0.2) is 13.2 Å².